The first-order valence-electron chi connectivity index (χ1n) is 8.92. The van der Waals surface area contributed by atoms with E-state index in [1.807, 2.05) is 0 Å². The average molecular weight is 452 g/mol. The molecule has 2 heterocycles. The Morgan fingerprint density at radius 3 is 2.73 bits per heavy atom. The van der Waals surface area contributed by atoms with Gasteiger partial charge in [-0.3, -0.25) is 9.00 Å². The molecule has 0 radical (unpaired) electrons. The number of benzene rings is 2. The Morgan fingerprint density at radius 2 is 2.00 bits per heavy atom. The number of pyridine rings is 1. The number of aromatic amines is 1. The summed E-state index contributed by atoms with van der Waals surface area (Å²) in [7, 11) is 0.212. The average Bonchev–Trinajstić information content (AvgIpc) is 2.69. The number of hydrogen-bond acceptors (Lipinski definition) is 3. The standard InChI is InChI=1S/C20H16ClF2N3O3S/c1-26(20(28)24-11-3-5-15(23)14(21)7-11)17-9-30(29)8-16-18(17)12-4-2-10(22)6-13(12)19(27)25-16/h2-7,17H,8-9H2,1H3,(H,24,28)(H,25,27)/t17-,30-/m0/s1. The van der Waals surface area contributed by atoms with E-state index in [9.17, 15) is 22.6 Å². The normalized spacial score (nSPS) is 18.1. The molecule has 0 aliphatic carbocycles. The first-order valence-corrected chi connectivity index (χ1v) is 10.8. The van der Waals surface area contributed by atoms with Crippen molar-refractivity contribution < 1.29 is 17.8 Å². The van der Waals surface area contributed by atoms with Crippen LogP contribution < -0.4 is 10.9 Å². The van der Waals surface area contributed by atoms with Gasteiger partial charge in [0.05, 0.1) is 22.2 Å². The maximum Gasteiger partial charge on any atom is 0.322 e. The summed E-state index contributed by atoms with van der Waals surface area (Å²) in [6.07, 6.45) is 0. The molecule has 156 valence electrons. The summed E-state index contributed by atoms with van der Waals surface area (Å²) < 4.78 is 39.5. The molecule has 1 aliphatic rings. The molecule has 0 saturated heterocycles. The Kier molecular flexibility index (Phi) is 5.33. The van der Waals surface area contributed by atoms with Gasteiger partial charge in [0.2, 0.25) is 0 Å². The molecule has 30 heavy (non-hydrogen) atoms. The molecule has 6 nitrogen and oxygen atoms in total. The smallest absolute Gasteiger partial charge is 0.322 e. The van der Waals surface area contributed by atoms with Crippen LogP contribution in [0.3, 0.4) is 0 Å². The zero-order valence-corrected chi connectivity index (χ0v) is 17.2. The lowest BCUT2D eigenvalue weighted by Crippen LogP contribution is -2.40. The maximum atomic E-state index is 13.7. The van der Waals surface area contributed by atoms with Crippen molar-refractivity contribution in [1.82, 2.24) is 9.88 Å². The van der Waals surface area contributed by atoms with Gasteiger partial charge in [-0.1, -0.05) is 17.7 Å². The van der Waals surface area contributed by atoms with E-state index in [-0.39, 0.29) is 21.9 Å². The molecule has 2 aromatic carbocycles. The summed E-state index contributed by atoms with van der Waals surface area (Å²) >= 11 is 5.76. The number of urea groups is 1. The van der Waals surface area contributed by atoms with Crippen LogP contribution in [-0.2, 0) is 16.6 Å². The Labute approximate surface area is 177 Å². The predicted octanol–water partition coefficient (Wildman–Crippen LogP) is 3.93. The van der Waals surface area contributed by atoms with Gasteiger partial charge >= 0.3 is 6.03 Å². The third-order valence-corrected chi connectivity index (χ3v) is 6.63. The number of carbonyl (C=O) groups excluding carboxylic acids is 1. The summed E-state index contributed by atoms with van der Waals surface area (Å²) in [4.78, 5) is 29.2. The van der Waals surface area contributed by atoms with Crippen LogP contribution in [0.5, 0.6) is 0 Å². The highest BCUT2D eigenvalue weighted by molar-refractivity contribution is 7.84. The highest BCUT2D eigenvalue weighted by Crippen LogP contribution is 2.34. The first kappa shape index (κ1) is 20.5. The number of hydrogen-bond donors (Lipinski definition) is 2. The van der Waals surface area contributed by atoms with E-state index in [4.69, 9.17) is 11.6 Å². The largest absolute Gasteiger partial charge is 0.324 e. The topological polar surface area (TPSA) is 82.3 Å². The van der Waals surface area contributed by atoms with Crippen molar-refractivity contribution in [2.24, 2.45) is 0 Å². The molecule has 0 saturated carbocycles. The molecule has 2 amide bonds. The predicted molar refractivity (Wildman–Crippen MR) is 112 cm³/mol. The Hall–Kier alpha value is -2.78. The zero-order valence-electron chi connectivity index (χ0n) is 15.7. The number of fused-ring (bicyclic) bond motifs is 3. The fourth-order valence-electron chi connectivity index (χ4n) is 3.58. The van der Waals surface area contributed by atoms with Crippen LogP contribution in [-0.4, -0.2) is 32.9 Å². The number of anilines is 1. The highest BCUT2D eigenvalue weighted by atomic mass is 35.5. The first-order chi connectivity index (χ1) is 14.2. The number of halogens is 3. The third kappa shape index (κ3) is 3.70. The van der Waals surface area contributed by atoms with Crippen LogP contribution in [0.15, 0.2) is 41.2 Å². The van der Waals surface area contributed by atoms with E-state index < -0.39 is 40.1 Å². The van der Waals surface area contributed by atoms with E-state index in [0.717, 1.165) is 12.1 Å². The zero-order chi connectivity index (χ0) is 21.6. The summed E-state index contributed by atoms with van der Waals surface area (Å²) in [6, 6.07) is 6.50. The molecule has 2 N–H and O–H groups in total. The number of aromatic nitrogens is 1. The SMILES string of the molecule is CN(C(=O)Nc1ccc(F)c(Cl)c1)[C@H]1C[S@@](=O)Cc2[nH]c(=O)c3cc(F)ccc3c21. The van der Waals surface area contributed by atoms with Crippen molar-refractivity contribution in [3.63, 3.8) is 0 Å². The second kappa shape index (κ2) is 7.81. The second-order valence-electron chi connectivity index (χ2n) is 6.97. The Balaban J connectivity index is 1.74. The molecule has 2 atom stereocenters. The fraction of sp³-hybridized carbons (Fsp3) is 0.200. The number of H-pyrrole nitrogens is 1. The molecule has 0 fully saturated rings. The number of rotatable bonds is 2. The second-order valence-corrected chi connectivity index (χ2v) is 8.88. The quantitative estimate of drug-likeness (QED) is 0.619. The van der Waals surface area contributed by atoms with Gasteiger partial charge < -0.3 is 15.2 Å². The van der Waals surface area contributed by atoms with Gasteiger partial charge in [-0.05, 0) is 35.7 Å². The van der Waals surface area contributed by atoms with Gasteiger partial charge in [0.1, 0.15) is 11.6 Å². The Morgan fingerprint density at radius 1 is 1.23 bits per heavy atom. The van der Waals surface area contributed by atoms with E-state index in [0.29, 0.717) is 22.3 Å². The van der Waals surface area contributed by atoms with E-state index in [2.05, 4.69) is 10.3 Å². The molecular formula is C20H16ClF2N3O3S. The van der Waals surface area contributed by atoms with Gasteiger partial charge in [-0.2, -0.15) is 0 Å². The fourth-order valence-corrected chi connectivity index (χ4v) is 5.17. The molecular weight excluding hydrogens is 436 g/mol. The van der Waals surface area contributed by atoms with Gasteiger partial charge in [0.15, 0.2) is 0 Å². The highest BCUT2D eigenvalue weighted by Gasteiger charge is 2.33. The lowest BCUT2D eigenvalue weighted by molar-refractivity contribution is 0.209. The van der Waals surface area contributed by atoms with Crippen LogP contribution in [0.4, 0.5) is 19.3 Å². The molecule has 0 bridgehead atoms. The number of carbonyl (C=O) groups is 1. The van der Waals surface area contributed by atoms with Gasteiger partial charge in [0, 0.05) is 40.5 Å². The molecule has 3 aromatic rings. The van der Waals surface area contributed by atoms with Crippen LogP contribution in [0.1, 0.15) is 17.3 Å². The number of amides is 2. The van der Waals surface area contributed by atoms with Crippen molar-refractivity contribution in [3.8, 4) is 0 Å². The molecule has 0 spiro atoms. The van der Waals surface area contributed by atoms with Crippen molar-refractivity contribution in [1.29, 1.82) is 0 Å². The van der Waals surface area contributed by atoms with Crippen LogP contribution >= 0.6 is 11.6 Å². The van der Waals surface area contributed by atoms with E-state index in [1.54, 1.807) is 0 Å². The van der Waals surface area contributed by atoms with Gasteiger partial charge in [0.25, 0.3) is 5.56 Å². The monoisotopic (exact) mass is 451 g/mol. The molecule has 10 heteroatoms. The number of nitrogens with zero attached hydrogens (tertiary/aromatic N) is 1. The van der Waals surface area contributed by atoms with Gasteiger partial charge in [-0.25, -0.2) is 13.6 Å². The Bertz CT molecular complexity index is 1260. The van der Waals surface area contributed by atoms with E-state index in [1.165, 1.54) is 36.2 Å². The molecule has 1 aliphatic heterocycles. The van der Waals surface area contributed by atoms with Crippen LogP contribution in [0.2, 0.25) is 5.02 Å². The molecule has 0 unspecified atom stereocenters. The van der Waals surface area contributed by atoms with Crippen molar-refractivity contribution in [2.45, 2.75) is 11.8 Å². The van der Waals surface area contributed by atoms with Gasteiger partial charge in [-0.15, -0.1) is 0 Å². The van der Waals surface area contributed by atoms with E-state index >= 15 is 0 Å². The summed E-state index contributed by atoms with van der Waals surface area (Å²) in [5.41, 5.74) is 0.898. The minimum absolute atomic E-state index is 0.134. The summed E-state index contributed by atoms with van der Waals surface area (Å²) in [5.74, 6) is -0.873. The van der Waals surface area contributed by atoms with Crippen LogP contribution in [0, 0.1) is 11.6 Å². The van der Waals surface area contributed by atoms with Crippen molar-refractivity contribution >= 4 is 44.9 Å². The minimum atomic E-state index is -1.31. The third-order valence-electron chi connectivity index (χ3n) is 5.05. The summed E-state index contributed by atoms with van der Waals surface area (Å²) in [5, 5.41) is 3.15. The lowest BCUT2D eigenvalue weighted by atomic mass is 9.97. The molecule has 1 aromatic heterocycles. The van der Waals surface area contributed by atoms with Crippen molar-refractivity contribution in [3.05, 3.63) is 74.7 Å². The molecule has 4 rings (SSSR count). The maximum absolute atomic E-state index is 13.7. The summed E-state index contributed by atoms with van der Waals surface area (Å²) in [6.45, 7) is 0. The minimum Gasteiger partial charge on any atom is -0.324 e. The number of nitrogens with one attached hydrogen (secondary N) is 2. The van der Waals surface area contributed by atoms with Crippen LogP contribution in [0.25, 0.3) is 10.8 Å². The van der Waals surface area contributed by atoms with Crippen molar-refractivity contribution in [2.75, 3.05) is 18.1 Å². The lowest BCUT2D eigenvalue weighted by Gasteiger charge is -2.33.